The number of carbonyl (C=O) groups is 2. The smallest absolute Gasteiger partial charge is 0.338 e. The number of benzene rings is 1. The first-order chi connectivity index (χ1) is 8.69. The first kappa shape index (κ1) is 14.9. The molecule has 4 heteroatoms. The normalized spacial score (nSPS) is 10.1. The molecule has 18 heavy (non-hydrogen) atoms. The number of alkyl halides is 1. The van der Waals surface area contributed by atoms with Crippen molar-refractivity contribution in [3.63, 3.8) is 0 Å². The molecule has 0 spiro atoms. The maximum atomic E-state index is 11.9. The van der Waals surface area contributed by atoms with Gasteiger partial charge in [-0.2, -0.15) is 0 Å². The lowest BCUT2D eigenvalue weighted by Crippen LogP contribution is -2.07. The van der Waals surface area contributed by atoms with E-state index in [-0.39, 0.29) is 11.8 Å². The summed E-state index contributed by atoms with van der Waals surface area (Å²) in [6, 6.07) is 6.71. The van der Waals surface area contributed by atoms with E-state index in [0.29, 0.717) is 24.2 Å². The number of hydrogen-bond acceptors (Lipinski definition) is 3. The number of ketones is 1. The number of halogens is 1. The molecule has 3 nitrogen and oxygen atoms in total. The van der Waals surface area contributed by atoms with Crippen LogP contribution in [-0.4, -0.2) is 23.7 Å². The van der Waals surface area contributed by atoms with Crippen LogP contribution in [0.25, 0.3) is 0 Å². The molecule has 0 unspecified atom stereocenters. The summed E-state index contributed by atoms with van der Waals surface area (Å²) in [5, 5.41) is 0.906. The zero-order valence-electron chi connectivity index (χ0n) is 10.4. The molecule has 0 N–H and O–H groups in total. The molecule has 0 radical (unpaired) electrons. The molecule has 0 amide bonds. The highest BCUT2D eigenvalue weighted by atomic mass is 79.9. The third-order valence-electron chi connectivity index (χ3n) is 2.48. The van der Waals surface area contributed by atoms with Gasteiger partial charge in [-0.3, -0.25) is 4.79 Å². The van der Waals surface area contributed by atoms with Gasteiger partial charge in [-0.15, -0.1) is 0 Å². The van der Waals surface area contributed by atoms with Crippen LogP contribution in [0.2, 0.25) is 0 Å². The Morgan fingerprint density at radius 1 is 1.22 bits per heavy atom. The lowest BCUT2D eigenvalue weighted by atomic mass is 10.0. The molecule has 0 aliphatic rings. The van der Waals surface area contributed by atoms with Crippen LogP contribution in [0.1, 0.15) is 46.9 Å². The molecule has 1 aromatic carbocycles. The largest absolute Gasteiger partial charge is 0.462 e. The van der Waals surface area contributed by atoms with Crippen molar-refractivity contribution in [2.45, 2.75) is 26.2 Å². The second-order valence-corrected chi connectivity index (χ2v) is 4.66. The van der Waals surface area contributed by atoms with Gasteiger partial charge in [0.05, 0.1) is 12.2 Å². The number of ether oxygens (including phenoxy) is 1. The summed E-state index contributed by atoms with van der Waals surface area (Å²) in [6.45, 7) is 2.09. The van der Waals surface area contributed by atoms with Crippen molar-refractivity contribution in [2.24, 2.45) is 0 Å². The zero-order valence-corrected chi connectivity index (χ0v) is 12.0. The van der Waals surface area contributed by atoms with E-state index in [9.17, 15) is 9.59 Å². The van der Waals surface area contributed by atoms with Gasteiger partial charge in [0, 0.05) is 17.3 Å². The monoisotopic (exact) mass is 312 g/mol. The summed E-state index contributed by atoms with van der Waals surface area (Å²) in [7, 11) is 0. The van der Waals surface area contributed by atoms with Crippen molar-refractivity contribution in [1.82, 2.24) is 0 Å². The second kappa shape index (κ2) is 8.03. The fraction of sp³-hybridized carbons (Fsp3) is 0.429. The SMILES string of the molecule is CCOC(=O)c1cccc(C(=O)CCCCBr)c1. The maximum absolute atomic E-state index is 11.9. The molecule has 0 aliphatic heterocycles. The van der Waals surface area contributed by atoms with E-state index in [1.807, 2.05) is 0 Å². The van der Waals surface area contributed by atoms with Crippen LogP contribution in [0, 0.1) is 0 Å². The summed E-state index contributed by atoms with van der Waals surface area (Å²) in [4.78, 5) is 23.4. The van der Waals surface area contributed by atoms with Crippen LogP contribution in [0.3, 0.4) is 0 Å². The van der Waals surface area contributed by atoms with Crippen LogP contribution in [0.4, 0.5) is 0 Å². The predicted octanol–water partition coefficient (Wildman–Crippen LogP) is 3.61. The fourth-order valence-corrected chi connectivity index (χ4v) is 1.95. The Bertz CT molecular complexity index is 415. The van der Waals surface area contributed by atoms with Crippen molar-refractivity contribution in [2.75, 3.05) is 11.9 Å². The van der Waals surface area contributed by atoms with E-state index in [4.69, 9.17) is 4.74 Å². The Morgan fingerprint density at radius 3 is 2.61 bits per heavy atom. The molecular weight excluding hydrogens is 296 g/mol. The van der Waals surface area contributed by atoms with Gasteiger partial charge in [0.25, 0.3) is 0 Å². The summed E-state index contributed by atoms with van der Waals surface area (Å²) >= 11 is 3.33. The topological polar surface area (TPSA) is 43.4 Å². The zero-order chi connectivity index (χ0) is 13.4. The Labute approximate surface area is 116 Å². The number of rotatable bonds is 7. The quantitative estimate of drug-likeness (QED) is 0.334. The van der Waals surface area contributed by atoms with Gasteiger partial charge in [-0.05, 0) is 31.9 Å². The van der Waals surface area contributed by atoms with Gasteiger partial charge in [-0.1, -0.05) is 28.1 Å². The first-order valence-corrected chi connectivity index (χ1v) is 7.17. The molecule has 0 saturated heterocycles. The van der Waals surface area contributed by atoms with Gasteiger partial charge in [-0.25, -0.2) is 4.79 Å². The van der Waals surface area contributed by atoms with E-state index < -0.39 is 0 Å². The van der Waals surface area contributed by atoms with E-state index in [1.54, 1.807) is 31.2 Å². The molecule has 1 rings (SSSR count). The Hall–Kier alpha value is -1.16. The summed E-state index contributed by atoms with van der Waals surface area (Å²) in [5.74, 6) is -0.310. The number of Topliss-reactive ketones (excluding diaryl/α,β-unsaturated/α-hetero) is 1. The van der Waals surface area contributed by atoms with Crippen molar-refractivity contribution in [3.05, 3.63) is 35.4 Å². The molecule has 0 fully saturated rings. The van der Waals surface area contributed by atoms with Crippen molar-refractivity contribution in [1.29, 1.82) is 0 Å². The molecule has 0 heterocycles. The highest BCUT2D eigenvalue weighted by Gasteiger charge is 2.10. The molecule has 0 aromatic heterocycles. The van der Waals surface area contributed by atoms with Crippen molar-refractivity contribution < 1.29 is 14.3 Å². The van der Waals surface area contributed by atoms with E-state index >= 15 is 0 Å². The predicted molar refractivity (Wildman–Crippen MR) is 74.4 cm³/mol. The number of esters is 1. The number of unbranched alkanes of at least 4 members (excludes halogenated alkanes) is 1. The average molecular weight is 313 g/mol. The van der Waals surface area contributed by atoms with Crippen LogP contribution in [0.5, 0.6) is 0 Å². The fourth-order valence-electron chi connectivity index (χ4n) is 1.56. The van der Waals surface area contributed by atoms with Crippen LogP contribution < -0.4 is 0 Å². The van der Waals surface area contributed by atoms with Crippen molar-refractivity contribution in [3.8, 4) is 0 Å². The summed E-state index contributed by atoms with van der Waals surface area (Å²) in [6.07, 6.45) is 2.34. The molecule has 98 valence electrons. The summed E-state index contributed by atoms with van der Waals surface area (Å²) in [5.41, 5.74) is 1.01. The molecule has 0 atom stereocenters. The van der Waals surface area contributed by atoms with Crippen LogP contribution >= 0.6 is 15.9 Å². The maximum Gasteiger partial charge on any atom is 0.338 e. The molecular formula is C14H17BrO3. The van der Waals surface area contributed by atoms with E-state index in [0.717, 1.165) is 18.2 Å². The van der Waals surface area contributed by atoms with Gasteiger partial charge >= 0.3 is 5.97 Å². The average Bonchev–Trinajstić information content (AvgIpc) is 2.39. The van der Waals surface area contributed by atoms with E-state index in [2.05, 4.69) is 15.9 Å². The number of hydrogen-bond donors (Lipinski definition) is 0. The second-order valence-electron chi connectivity index (χ2n) is 3.87. The van der Waals surface area contributed by atoms with Gasteiger partial charge in [0.2, 0.25) is 0 Å². The summed E-state index contributed by atoms with van der Waals surface area (Å²) < 4.78 is 4.90. The highest BCUT2D eigenvalue weighted by Crippen LogP contribution is 2.11. The third-order valence-corrected chi connectivity index (χ3v) is 3.04. The molecule has 0 bridgehead atoms. The van der Waals surface area contributed by atoms with Gasteiger partial charge in [0.15, 0.2) is 5.78 Å². The Morgan fingerprint density at radius 2 is 1.94 bits per heavy atom. The lowest BCUT2D eigenvalue weighted by Gasteiger charge is -2.04. The van der Waals surface area contributed by atoms with Crippen LogP contribution in [-0.2, 0) is 4.74 Å². The van der Waals surface area contributed by atoms with Gasteiger partial charge in [0.1, 0.15) is 0 Å². The lowest BCUT2D eigenvalue weighted by molar-refractivity contribution is 0.0526. The molecule has 0 aliphatic carbocycles. The Balaban J connectivity index is 2.69. The highest BCUT2D eigenvalue weighted by molar-refractivity contribution is 9.09. The third kappa shape index (κ3) is 4.61. The molecule has 1 aromatic rings. The first-order valence-electron chi connectivity index (χ1n) is 6.05. The Kier molecular flexibility index (Phi) is 6.65. The minimum absolute atomic E-state index is 0.0714. The van der Waals surface area contributed by atoms with Crippen molar-refractivity contribution >= 4 is 27.7 Å². The minimum atomic E-state index is -0.382. The van der Waals surface area contributed by atoms with Gasteiger partial charge < -0.3 is 4.74 Å². The minimum Gasteiger partial charge on any atom is -0.462 e. The van der Waals surface area contributed by atoms with Crippen LogP contribution in [0.15, 0.2) is 24.3 Å². The standard InChI is InChI=1S/C14H17BrO3/c1-2-18-14(17)12-7-5-6-11(10-12)13(16)8-3-4-9-15/h5-7,10H,2-4,8-9H2,1H3. The van der Waals surface area contributed by atoms with E-state index in [1.165, 1.54) is 0 Å². The number of carbonyl (C=O) groups excluding carboxylic acids is 2. The molecule has 0 saturated carbocycles.